The lowest BCUT2D eigenvalue weighted by Crippen LogP contribution is -2.15. The van der Waals surface area contributed by atoms with Crippen LogP contribution in [0.5, 0.6) is 0 Å². The molecule has 1 rings (SSSR count). The SMILES string of the molecule is COCNCc1ccc(SC)cc1. The Morgan fingerprint density at radius 3 is 2.54 bits per heavy atom. The maximum atomic E-state index is 4.89. The number of thioether (sulfide) groups is 1. The smallest absolute Gasteiger partial charge is 0.0964 e. The van der Waals surface area contributed by atoms with E-state index in [2.05, 4.69) is 35.8 Å². The van der Waals surface area contributed by atoms with E-state index in [0.29, 0.717) is 6.73 Å². The van der Waals surface area contributed by atoms with Gasteiger partial charge in [-0.3, -0.25) is 5.32 Å². The molecule has 72 valence electrons. The van der Waals surface area contributed by atoms with Gasteiger partial charge in [0.15, 0.2) is 0 Å². The van der Waals surface area contributed by atoms with Crippen molar-refractivity contribution in [1.29, 1.82) is 0 Å². The molecule has 0 spiro atoms. The third-order valence-corrected chi connectivity index (χ3v) is 2.48. The third kappa shape index (κ3) is 3.81. The fourth-order valence-corrected chi connectivity index (χ4v) is 1.45. The van der Waals surface area contributed by atoms with Crippen molar-refractivity contribution in [3.8, 4) is 0 Å². The highest BCUT2D eigenvalue weighted by Crippen LogP contribution is 2.14. The van der Waals surface area contributed by atoms with Gasteiger partial charge in [0.05, 0.1) is 6.73 Å². The molecule has 13 heavy (non-hydrogen) atoms. The van der Waals surface area contributed by atoms with Crippen molar-refractivity contribution in [3.63, 3.8) is 0 Å². The number of ether oxygens (including phenoxy) is 1. The van der Waals surface area contributed by atoms with Crippen LogP contribution in [0, 0.1) is 0 Å². The molecule has 3 heteroatoms. The summed E-state index contributed by atoms with van der Waals surface area (Å²) in [5.41, 5.74) is 1.29. The van der Waals surface area contributed by atoms with Crippen LogP contribution in [0.25, 0.3) is 0 Å². The number of hydrogen-bond donors (Lipinski definition) is 1. The summed E-state index contributed by atoms with van der Waals surface area (Å²) in [5.74, 6) is 0. The lowest BCUT2D eigenvalue weighted by molar-refractivity contribution is 0.174. The monoisotopic (exact) mass is 197 g/mol. The summed E-state index contributed by atoms with van der Waals surface area (Å²) in [5, 5.41) is 3.16. The van der Waals surface area contributed by atoms with Gasteiger partial charge in [-0.25, -0.2) is 0 Å². The fraction of sp³-hybridized carbons (Fsp3) is 0.400. The van der Waals surface area contributed by atoms with Gasteiger partial charge >= 0.3 is 0 Å². The van der Waals surface area contributed by atoms with E-state index in [0.717, 1.165) is 6.54 Å². The zero-order chi connectivity index (χ0) is 9.52. The van der Waals surface area contributed by atoms with E-state index in [1.165, 1.54) is 10.5 Å². The standard InChI is InChI=1S/C10H15NOS/c1-12-8-11-7-9-3-5-10(13-2)6-4-9/h3-6,11H,7-8H2,1-2H3. The van der Waals surface area contributed by atoms with Crippen molar-refractivity contribution in [2.45, 2.75) is 11.4 Å². The summed E-state index contributed by atoms with van der Waals surface area (Å²) in [4.78, 5) is 1.30. The highest BCUT2D eigenvalue weighted by atomic mass is 32.2. The largest absolute Gasteiger partial charge is 0.370 e. The second kappa shape index (κ2) is 6.02. The summed E-state index contributed by atoms with van der Waals surface area (Å²) in [6.45, 7) is 1.47. The number of benzene rings is 1. The van der Waals surface area contributed by atoms with Crippen LogP contribution in [0.4, 0.5) is 0 Å². The highest BCUT2D eigenvalue weighted by molar-refractivity contribution is 7.98. The van der Waals surface area contributed by atoms with Crippen LogP contribution < -0.4 is 5.32 Å². The fourth-order valence-electron chi connectivity index (χ4n) is 1.04. The van der Waals surface area contributed by atoms with Crippen molar-refractivity contribution < 1.29 is 4.74 Å². The van der Waals surface area contributed by atoms with Crippen molar-refractivity contribution in [2.24, 2.45) is 0 Å². The maximum Gasteiger partial charge on any atom is 0.0964 e. The first kappa shape index (κ1) is 10.6. The quantitative estimate of drug-likeness (QED) is 0.444. The van der Waals surface area contributed by atoms with Gasteiger partial charge in [0.2, 0.25) is 0 Å². The van der Waals surface area contributed by atoms with Crippen molar-refractivity contribution in [3.05, 3.63) is 29.8 Å². The molecule has 2 nitrogen and oxygen atoms in total. The number of hydrogen-bond acceptors (Lipinski definition) is 3. The summed E-state index contributed by atoms with van der Waals surface area (Å²) in [6, 6.07) is 8.53. The summed E-state index contributed by atoms with van der Waals surface area (Å²) in [7, 11) is 1.68. The molecule has 0 aliphatic heterocycles. The van der Waals surface area contributed by atoms with Crippen molar-refractivity contribution in [1.82, 2.24) is 5.32 Å². The minimum Gasteiger partial charge on any atom is -0.370 e. The van der Waals surface area contributed by atoms with Crippen LogP contribution in [0.3, 0.4) is 0 Å². The van der Waals surface area contributed by atoms with Crippen LogP contribution in [-0.4, -0.2) is 20.1 Å². The number of nitrogens with one attached hydrogen (secondary N) is 1. The van der Waals surface area contributed by atoms with E-state index >= 15 is 0 Å². The molecular weight excluding hydrogens is 182 g/mol. The van der Waals surface area contributed by atoms with Gasteiger partial charge in [-0.15, -0.1) is 11.8 Å². The third-order valence-electron chi connectivity index (χ3n) is 1.73. The molecule has 0 aliphatic carbocycles. The zero-order valence-corrected chi connectivity index (χ0v) is 8.86. The molecule has 0 heterocycles. The lowest BCUT2D eigenvalue weighted by atomic mass is 10.2. The van der Waals surface area contributed by atoms with E-state index in [1.54, 1.807) is 18.9 Å². The molecule has 0 aromatic heterocycles. The van der Waals surface area contributed by atoms with Crippen LogP contribution >= 0.6 is 11.8 Å². The molecule has 0 saturated heterocycles. The van der Waals surface area contributed by atoms with Crippen molar-refractivity contribution >= 4 is 11.8 Å². The Bertz CT molecular complexity index is 235. The van der Waals surface area contributed by atoms with Crippen LogP contribution in [0.1, 0.15) is 5.56 Å². The van der Waals surface area contributed by atoms with Crippen LogP contribution in [-0.2, 0) is 11.3 Å². The molecule has 0 aliphatic rings. The molecule has 0 radical (unpaired) electrons. The van der Waals surface area contributed by atoms with E-state index in [-0.39, 0.29) is 0 Å². The Hall–Kier alpha value is -0.510. The molecule has 0 saturated carbocycles. The van der Waals surface area contributed by atoms with Crippen LogP contribution in [0.15, 0.2) is 29.2 Å². The molecule has 0 bridgehead atoms. The molecule has 0 fully saturated rings. The molecular formula is C10H15NOS. The van der Waals surface area contributed by atoms with E-state index in [9.17, 15) is 0 Å². The van der Waals surface area contributed by atoms with E-state index in [4.69, 9.17) is 4.74 Å². The predicted octanol–water partition coefficient (Wildman–Crippen LogP) is 2.10. The minimum absolute atomic E-state index is 0.601. The summed E-state index contributed by atoms with van der Waals surface area (Å²) in [6.07, 6.45) is 2.08. The minimum atomic E-state index is 0.601. The van der Waals surface area contributed by atoms with Gasteiger partial charge in [-0.2, -0.15) is 0 Å². The number of rotatable bonds is 5. The van der Waals surface area contributed by atoms with Gasteiger partial charge in [0, 0.05) is 18.6 Å². The Morgan fingerprint density at radius 1 is 1.31 bits per heavy atom. The molecule has 1 N–H and O–H groups in total. The topological polar surface area (TPSA) is 21.3 Å². The molecule has 0 atom stereocenters. The lowest BCUT2D eigenvalue weighted by Gasteiger charge is -2.03. The van der Waals surface area contributed by atoms with Gasteiger partial charge in [0.25, 0.3) is 0 Å². The number of methoxy groups -OCH3 is 1. The summed E-state index contributed by atoms with van der Waals surface area (Å²) >= 11 is 1.76. The van der Waals surface area contributed by atoms with Crippen molar-refractivity contribution in [2.75, 3.05) is 20.1 Å². The van der Waals surface area contributed by atoms with Gasteiger partial charge in [-0.1, -0.05) is 12.1 Å². The average molecular weight is 197 g/mol. The predicted molar refractivity (Wildman–Crippen MR) is 56.9 cm³/mol. The Morgan fingerprint density at radius 2 is 2.00 bits per heavy atom. The first-order valence-electron chi connectivity index (χ1n) is 4.19. The Labute approximate surface area is 83.7 Å². The average Bonchev–Trinajstić information content (AvgIpc) is 2.19. The van der Waals surface area contributed by atoms with Gasteiger partial charge in [0.1, 0.15) is 0 Å². The zero-order valence-electron chi connectivity index (χ0n) is 8.04. The van der Waals surface area contributed by atoms with Crippen LogP contribution in [0.2, 0.25) is 0 Å². The second-order valence-corrected chi connectivity index (χ2v) is 3.59. The summed E-state index contributed by atoms with van der Waals surface area (Å²) < 4.78 is 4.89. The molecule has 0 unspecified atom stereocenters. The Kier molecular flexibility index (Phi) is 4.90. The second-order valence-electron chi connectivity index (χ2n) is 2.71. The van der Waals surface area contributed by atoms with E-state index in [1.807, 2.05) is 0 Å². The van der Waals surface area contributed by atoms with Gasteiger partial charge < -0.3 is 4.74 Å². The first-order valence-corrected chi connectivity index (χ1v) is 5.42. The van der Waals surface area contributed by atoms with E-state index < -0.39 is 0 Å². The maximum absolute atomic E-state index is 4.89. The molecule has 1 aromatic carbocycles. The Balaban J connectivity index is 2.40. The normalized spacial score (nSPS) is 10.3. The molecule has 0 amide bonds. The highest BCUT2D eigenvalue weighted by Gasteiger charge is 1.92. The molecule has 1 aromatic rings. The first-order chi connectivity index (χ1) is 6.36. The van der Waals surface area contributed by atoms with Gasteiger partial charge in [-0.05, 0) is 24.0 Å².